The molecule has 29 heavy (non-hydrogen) atoms. The van der Waals surface area contributed by atoms with Crippen molar-refractivity contribution in [3.8, 4) is 0 Å². The highest BCUT2D eigenvalue weighted by Crippen LogP contribution is 2.38. The summed E-state index contributed by atoms with van der Waals surface area (Å²) in [7, 11) is 0. The second-order valence-corrected chi connectivity index (χ2v) is 7.99. The van der Waals surface area contributed by atoms with E-state index in [0.29, 0.717) is 0 Å². The molecule has 0 saturated carbocycles. The Morgan fingerprint density at radius 2 is 1.38 bits per heavy atom. The highest BCUT2D eigenvalue weighted by molar-refractivity contribution is 5.86. The minimum Gasteiger partial charge on any atom is -0.481 e. The zero-order chi connectivity index (χ0) is 19.3. The smallest absolute Gasteiger partial charge is 0.303 e. The number of unbranched alkanes of at least 4 members (excludes halogenated alkanes) is 1. The normalized spacial score (nSPS) is 16.4. The Hall–Kier alpha value is -2.10. The van der Waals surface area contributed by atoms with Crippen LogP contribution in [0, 0.1) is 0 Å². The molecule has 2 aliphatic rings. The van der Waals surface area contributed by atoms with Crippen molar-refractivity contribution in [2.75, 3.05) is 19.6 Å². The second-order valence-electron chi connectivity index (χ2n) is 7.99. The molecule has 3 nitrogen and oxygen atoms in total. The van der Waals surface area contributed by atoms with Crippen molar-refractivity contribution in [2.24, 2.45) is 0 Å². The molecule has 4 rings (SSSR count). The fourth-order valence-corrected chi connectivity index (χ4v) is 4.67. The van der Waals surface area contributed by atoms with Gasteiger partial charge in [0.15, 0.2) is 0 Å². The van der Waals surface area contributed by atoms with Gasteiger partial charge < -0.3 is 10.0 Å². The maximum atomic E-state index is 10.7. The predicted molar refractivity (Wildman–Crippen MR) is 121 cm³/mol. The van der Waals surface area contributed by atoms with Crippen LogP contribution in [0.5, 0.6) is 0 Å². The number of fused-ring (bicyclic) bond motifs is 2. The van der Waals surface area contributed by atoms with Crippen LogP contribution < -0.4 is 0 Å². The Kier molecular flexibility index (Phi) is 7.51. The van der Waals surface area contributed by atoms with Gasteiger partial charge in [-0.3, -0.25) is 4.79 Å². The van der Waals surface area contributed by atoms with Crippen molar-refractivity contribution in [3.63, 3.8) is 0 Å². The van der Waals surface area contributed by atoms with Crippen LogP contribution in [0.3, 0.4) is 0 Å². The van der Waals surface area contributed by atoms with Crippen molar-refractivity contribution in [3.05, 3.63) is 76.4 Å². The molecule has 1 heterocycles. The molecule has 0 unspecified atom stereocenters. The molecule has 0 atom stereocenters. The number of aryl methyl sites for hydroxylation is 2. The maximum absolute atomic E-state index is 10.7. The Morgan fingerprint density at radius 3 is 1.93 bits per heavy atom. The van der Waals surface area contributed by atoms with Gasteiger partial charge in [0.05, 0.1) is 0 Å². The van der Waals surface area contributed by atoms with Crippen LogP contribution in [0.1, 0.15) is 54.4 Å². The fraction of sp³-hybridized carbons (Fsp3) is 0.400. The third-order valence-electron chi connectivity index (χ3n) is 6.17. The summed E-state index contributed by atoms with van der Waals surface area (Å²) in [4.78, 5) is 13.2. The van der Waals surface area contributed by atoms with Gasteiger partial charge in [0.2, 0.25) is 0 Å². The Balaban J connectivity index is 0.00000240. The van der Waals surface area contributed by atoms with Crippen LogP contribution in [-0.2, 0) is 17.6 Å². The van der Waals surface area contributed by atoms with E-state index in [9.17, 15) is 4.79 Å². The van der Waals surface area contributed by atoms with Gasteiger partial charge in [-0.2, -0.15) is 0 Å². The van der Waals surface area contributed by atoms with Gasteiger partial charge in [-0.15, -0.1) is 12.4 Å². The number of likely N-dealkylation sites (tertiary alicyclic amines) is 1. The van der Waals surface area contributed by atoms with Crippen molar-refractivity contribution < 1.29 is 9.90 Å². The molecule has 1 aliphatic heterocycles. The summed E-state index contributed by atoms with van der Waals surface area (Å²) in [5.41, 5.74) is 8.86. The number of carboxylic acids is 1. The summed E-state index contributed by atoms with van der Waals surface area (Å²) in [6.45, 7) is 3.18. The first-order valence-electron chi connectivity index (χ1n) is 10.5. The largest absolute Gasteiger partial charge is 0.481 e. The van der Waals surface area contributed by atoms with E-state index in [-0.39, 0.29) is 18.8 Å². The van der Waals surface area contributed by atoms with Gasteiger partial charge in [0, 0.05) is 19.5 Å². The van der Waals surface area contributed by atoms with Gasteiger partial charge >= 0.3 is 5.97 Å². The summed E-state index contributed by atoms with van der Waals surface area (Å²) in [5, 5.41) is 8.79. The average Bonchev–Trinajstić information content (AvgIpc) is 2.89. The number of piperidine rings is 1. The van der Waals surface area contributed by atoms with Gasteiger partial charge in [-0.05, 0) is 72.9 Å². The van der Waals surface area contributed by atoms with Crippen molar-refractivity contribution >= 4 is 23.9 Å². The van der Waals surface area contributed by atoms with Gasteiger partial charge in [0.25, 0.3) is 0 Å². The summed E-state index contributed by atoms with van der Waals surface area (Å²) < 4.78 is 0. The molecule has 4 heteroatoms. The molecule has 0 radical (unpaired) electrons. The number of carboxylic acid groups (broad SMARTS) is 1. The van der Waals surface area contributed by atoms with Crippen LogP contribution >= 0.6 is 12.4 Å². The van der Waals surface area contributed by atoms with E-state index < -0.39 is 5.97 Å². The molecule has 2 aromatic carbocycles. The third-order valence-corrected chi connectivity index (χ3v) is 6.17. The molecule has 0 amide bonds. The average molecular weight is 412 g/mol. The molecule has 1 N–H and O–H groups in total. The lowest BCUT2D eigenvalue weighted by molar-refractivity contribution is -0.137. The lowest BCUT2D eigenvalue weighted by Gasteiger charge is -2.30. The van der Waals surface area contributed by atoms with Crippen LogP contribution in [-0.4, -0.2) is 35.6 Å². The predicted octanol–water partition coefficient (Wildman–Crippen LogP) is 5.36. The standard InChI is InChI=1S/C25H29NO2.ClH/c27-24(28)11-5-6-16-26-17-14-21(15-18-26)25-22-9-3-1-7-19(22)12-13-20-8-2-4-10-23(20)25;/h1-4,7-10H,5-6,11-18H2,(H,27,28);1H. The van der Waals surface area contributed by atoms with Gasteiger partial charge in [-0.25, -0.2) is 0 Å². The third kappa shape index (κ3) is 5.09. The number of rotatable bonds is 5. The number of benzene rings is 2. The monoisotopic (exact) mass is 411 g/mol. The first kappa shape index (κ1) is 21.6. The maximum Gasteiger partial charge on any atom is 0.303 e. The Morgan fingerprint density at radius 1 is 0.828 bits per heavy atom. The Labute approximate surface area is 179 Å². The van der Waals surface area contributed by atoms with Crippen molar-refractivity contribution in [1.29, 1.82) is 0 Å². The summed E-state index contributed by atoms with van der Waals surface area (Å²) in [6, 6.07) is 17.9. The lowest BCUT2D eigenvalue weighted by atomic mass is 9.86. The van der Waals surface area contributed by atoms with E-state index in [0.717, 1.165) is 58.2 Å². The van der Waals surface area contributed by atoms with E-state index in [2.05, 4.69) is 53.4 Å². The highest BCUT2D eigenvalue weighted by Gasteiger charge is 2.23. The molecule has 0 spiro atoms. The zero-order valence-corrected chi connectivity index (χ0v) is 17.7. The van der Waals surface area contributed by atoms with Crippen LogP contribution in [0.25, 0.3) is 5.57 Å². The van der Waals surface area contributed by atoms with Crippen molar-refractivity contribution in [1.82, 2.24) is 4.90 Å². The highest BCUT2D eigenvalue weighted by atomic mass is 35.5. The van der Waals surface area contributed by atoms with Crippen LogP contribution in [0.2, 0.25) is 0 Å². The SMILES string of the molecule is Cl.O=C(O)CCCCN1CCC(=C2c3ccccc3CCc3ccccc32)CC1. The molecule has 1 saturated heterocycles. The van der Waals surface area contributed by atoms with E-state index in [1.54, 1.807) is 5.57 Å². The molecule has 0 bridgehead atoms. The summed E-state index contributed by atoms with van der Waals surface area (Å²) in [6.07, 6.45) is 6.48. The number of aliphatic carboxylic acids is 1. The van der Waals surface area contributed by atoms with E-state index in [1.807, 2.05) is 0 Å². The number of hydrogen-bond acceptors (Lipinski definition) is 2. The summed E-state index contributed by atoms with van der Waals surface area (Å²) in [5.74, 6) is -0.684. The topological polar surface area (TPSA) is 40.5 Å². The number of carbonyl (C=O) groups is 1. The number of hydrogen-bond donors (Lipinski definition) is 1. The fourth-order valence-electron chi connectivity index (χ4n) is 4.67. The lowest BCUT2D eigenvalue weighted by Crippen LogP contribution is -2.32. The molecule has 1 fully saturated rings. The molecule has 1 aliphatic carbocycles. The van der Waals surface area contributed by atoms with Crippen molar-refractivity contribution in [2.45, 2.75) is 44.9 Å². The van der Waals surface area contributed by atoms with Crippen LogP contribution in [0.15, 0.2) is 54.1 Å². The molecule has 154 valence electrons. The molecular formula is C25H30ClNO2. The zero-order valence-electron chi connectivity index (χ0n) is 16.9. The van der Waals surface area contributed by atoms with Gasteiger partial charge in [0.1, 0.15) is 0 Å². The van der Waals surface area contributed by atoms with E-state index in [1.165, 1.54) is 27.8 Å². The second kappa shape index (κ2) is 10.1. The summed E-state index contributed by atoms with van der Waals surface area (Å²) >= 11 is 0. The minimum atomic E-state index is -0.684. The van der Waals surface area contributed by atoms with Crippen LogP contribution in [0.4, 0.5) is 0 Å². The first-order valence-corrected chi connectivity index (χ1v) is 10.5. The van der Waals surface area contributed by atoms with E-state index in [4.69, 9.17) is 5.11 Å². The quantitative estimate of drug-likeness (QED) is 0.673. The molecular weight excluding hydrogens is 382 g/mol. The number of nitrogens with zero attached hydrogens (tertiary/aromatic N) is 1. The molecule has 2 aromatic rings. The Bertz CT molecular complexity index is 830. The van der Waals surface area contributed by atoms with Gasteiger partial charge in [-0.1, -0.05) is 54.1 Å². The van der Waals surface area contributed by atoms with E-state index >= 15 is 0 Å². The minimum absolute atomic E-state index is 0. The molecule has 0 aromatic heterocycles. The number of halogens is 1. The first-order chi connectivity index (χ1) is 13.7.